The number of benzene rings is 9. The molecule has 11 aromatic rings. The molecule has 0 bridgehead atoms. The molecule has 0 fully saturated rings. The van der Waals surface area contributed by atoms with Gasteiger partial charge in [-0.3, -0.25) is 0 Å². The van der Waals surface area contributed by atoms with Gasteiger partial charge in [-0.15, -0.1) is 0 Å². The first-order valence-electron chi connectivity index (χ1n) is 21.2. The Hall–Kier alpha value is -7.95. The zero-order chi connectivity index (χ0) is 41.4. The summed E-state index contributed by atoms with van der Waals surface area (Å²) in [5, 5.41) is 4.43. The number of furan rings is 1. The lowest BCUT2D eigenvalue weighted by Gasteiger charge is -2.21. The van der Waals surface area contributed by atoms with Crippen molar-refractivity contribution in [2.75, 3.05) is 0 Å². The van der Waals surface area contributed by atoms with Crippen molar-refractivity contribution in [1.29, 1.82) is 0 Å². The van der Waals surface area contributed by atoms with E-state index in [4.69, 9.17) is 19.4 Å². The van der Waals surface area contributed by atoms with Crippen molar-refractivity contribution in [1.82, 2.24) is 15.0 Å². The van der Waals surface area contributed by atoms with Crippen molar-refractivity contribution < 1.29 is 4.42 Å². The molecule has 62 heavy (non-hydrogen) atoms. The van der Waals surface area contributed by atoms with Gasteiger partial charge in [0.15, 0.2) is 17.5 Å². The molecule has 4 heteroatoms. The predicted octanol–water partition coefficient (Wildman–Crippen LogP) is 15.2. The predicted molar refractivity (Wildman–Crippen MR) is 255 cm³/mol. The van der Waals surface area contributed by atoms with Gasteiger partial charge in [0.05, 0.1) is 0 Å². The summed E-state index contributed by atoms with van der Waals surface area (Å²) >= 11 is 0. The Labute approximate surface area is 359 Å². The number of aromatic nitrogens is 3. The van der Waals surface area contributed by atoms with Crippen LogP contribution < -0.4 is 0 Å². The van der Waals surface area contributed by atoms with Crippen LogP contribution in [0.4, 0.5) is 0 Å². The van der Waals surface area contributed by atoms with Crippen LogP contribution in [0.1, 0.15) is 25.0 Å². The Balaban J connectivity index is 0.979. The van der Waals surface area contributed by atoms with Gasteiger partial charge in [0.2, 0.25) is 0 Å². The van der Waals surface area contributed by atoms with Gasteiger partial charge in [-0.25, -0.2) is 15.0 Å². The second-order valence-corrected chi connectivity index (χ2v) is 16.8. The quantitative estimate of drug-likeness (QED) is 0.168. The Morgan fingerprint density at radius 2 is 0.887 bits per heavy atom. The minimum atomic E-state index is -0.0467. The second-order valence-electron chi connectivity index (χ2n) is 16.8. The highest BCUT2D eigenvalue weighted by molar-refractivity contribution is 6.13. The SMILES string of the molecule is CC1(C)c2ccccc2-c2cc(-c3cccc(-c4nc(-c5ccc6ccccc6c5)nc(-c5ccc6c(c5)oc5cccc(-c7cccc(-c8ccccc8)c7)c56)n4)c3)ccc21. The normalized spacial score (nSPS) is 12.8. The smallest absolute Gasteiger partial charge is 0.164 e. The van der Waals surface area contributed by atoms with Crippen molar-refractivity contribution in [3.63, 3.8) is 0 Å². The van der Waals surface area contributed by atoms with E-state index in [9.17, 15) is 0 Å². The molecule has 292 valence electrons. The summed E-state index contributed by atoms with van der Waals surface area (Å²) in [5.74, 6) is 1.80. The number of hydrogen-bond acceptors (Lipinski definition) is 4. The molecule has 2 aromatic heterocycles. The Morgan fingerprint density at radius 3 is 1.71 bits per heavy atom. The number of rotatable bonds is 6. The zero-order valence-electron chi connectivity index (χ0n) is 34.3. The Morgan fingerprint density at radius 1 is 0.339 bits per heavy atom. The number of hydrogen-bond donors (Lipinski definition) is 0. The highest BCUT2D eigenvalue weighted by atomic mass is 16.3. The summed E-state index contributed by atoms with van der Waals surface area (Å²) < 4.78 is 6.63. The maximum absolute atomic E-state index is 6.63. The highest BCUT2D eigenvalue weighted by Crippen LogP contribution is 2.49. The lowest BCUT2D eigenvalue weighted by atomic mass is 9.82. The molecule has 4 nitrogen and oxygen atoms in total. The van der Waals surface area contributed by atoms with Crippen molar-refractivity contribution in [2.24, 2.45) is 0 Å². The largest absolute Gasteiger partial charge is 0.456 e. The summed E-state index contributed by atoms with van der Waals surface area (Å²) in [5.41, 5.74) is 16.5. The van der Waals surface area contributed by atoms with Crippen LogP contribution in [0.5, 0.6) is 0 Å². The lowest BCUT2D eigenvalue weighted by molar-refractivity contribution is 0.660. The molecule has 0 atom stereocenters. The van der Waals surface area contributed by atoms with Gasteiger partial charge in [0, 0.05) is 32.9 Å². The Bertz CT molecular complexity index is 3560. The molecule has 1 aliphatic carbocycles. The van der Waals surface area contributed by atoms with E-state index in [1.807, 2.05) is 6.07 Å². The number of fused-ring (bicyclic) bond motifs is 7. The van der Waals surface area contributed by atoms with Crippen molar-refractivity contribution >= 4 is 32.7 Å². The van der Waals surface area contributed by atoms with E-state index >= 15 is 0 Å². The third-order valence-electron chi connectivity index (χ3n) is 12.7. The molecule has 1 aliphatic rings. The van der Waals surface area contributed by atoms with E-state index in [0.717, 1.165) is 66.3 Å². The summed E-state index contributed by atoms with van der Waals surface area (Å²) in [7, 11) is 0. The van der Waals surface area contributed by atoms with Gasteiger partial charge in [-0.1, -0.05) is 172 Å². The summed E-state index contributed by atoms with van der Waals surface area (Å²) in [6.07, 6.45) is 0. The van der Waals surface area contributed by atoms with Crippen LogP contribution >= 0.6 is 0 Å². The zero-order valence-corrected chi connectivity index (χ0v) is 34.3. The number of nitrogens with zero attached hydrogens (tertiary/aromatic N) is 3. The fraction of sp³-hybridized carbons (Fsp3) is 0.0517. The first kappa shape index (κ1) is 35.9. The lowest BCUT2D eigenvalue weighted by Crippen LogP contribution is -2.14. The molecule has 0 N–H and O–H groups in total. The third kappa shape index (κ3) is 5.95. The van der Waals surface area contributed by atoms with Gasteiger partial charge < -0.3 is 4.42 Å². The van der Waals surface area contributed by atoms with Gasteiger partial charge in [-0.2, -0.15) is 0 Å². The maximum atomic E-state index is 6.63. The first-order chi connectivity index (χ1) is 30.4. The molecule has 0 amide bonds. The molecule has 0 unspecified atom stereocenters. The van der Waals surface area contributed by atoms with Crippen molar-refractivity contribution in [3.8, 4) is 78.7 Å². The van der Waals surface area contributed by atoms with Crippen LogP contribution in [0, 0.1) is 0 Å². The molecular weight excluding hydrogens is 755 g/mol. The van der Waals surface area contributed by atoms with E-state index in [1.165, 1.54) is 38.8 Å². The van der Waals surface area contributed by atoms with Crippen LogP contribution in [-0.4, -0.2) is 15.0 Å². The minimum Gasteiger partial charge on any atom is -0.456 e. The topological polar surface area (TPSA) is 51.8 Å². The average molecular weight is 794 g/mol. The van der Waals surface area contributed by atoms with E-state index < -0.39 is 0 Å². The maximum Gasteiger partial charge on any atom is 0.164 e. The van der Waals surface area contributed by atoms with E-state index in [2.05, 4.69) is 208 Å². The second kappa shape index (κ2) is 14.1. The van der Waals surface area contributed by atoms with Crippen LogP contribution in [0.15, 0.2) is 205 Å². The van der Waals surface area contributed by atoms with Crippen LogP contribution in [0.3, 0.4) is 0 Å². The van der Waals surface area contributed by atoms with Crippen molar-refractivity contribution in [3.05, 3.63) is 211 Å². The van der Waals surface area contributed by atoms with Crippen LogP contribution in [0.2, 0.25) is 0 Å². The summed E-state index contributed by atoms with van der Waals surface area (Å²) in [6, 6.07) is 70.9. The van der Waals surface area contributed by atoms with Gasteiger partial charge >= 0.3 is 0 Å². The molecule has 0 saturated heterocycles. The van der Waals surface area contributed by atoms with Crippen LogP contribution in [-0.2, 0) is 5.41 Å². The van der Waals surface area contributed by atoms with E-state index in [1.54, 1.807) is 0 Å². The van der Waals surface area contributed by atoms with Crippen molar-refractivity contribution in [2.45, 2.75) is 19.3 Å². The molecule has 2 heterocycles. The average Bonchev–Trinajstić information content (AvgIpc) is 3.82. The standard InChI is InChI=1S/C58H39N3O/c1-58(2)50-23-9-8-21-47(50)49-34-41(28-30-51(49)58)40-18-11-20-43(33-40)55-59-56(44-26-25-37-15-6-7-16-38(37)32-44)61-57(60-55)45-27-29-48-53(35-45)62-52-24-12-22-46(54(48)52)42-19-10-17-39(31-42)36-13-4-3-5-14-36/h3-35H,1-2H3. The highest BCUT2D eigenvalue weighted by Gasteiger charge is 2.35. The van der Waals surface area contributed by atoms with Gasteiger partial charge in [-0.05, 0) is 109 Å². The molecule has 12 rings (SSSR count). The van der Waals surface area contributed by atoms with Gasteiger partial charge in [0.1, 0.15) is 11.2 Å². The molecule has 0 spiro atoms. The monoisotopic (exact) mass is 793 g/mol. The summed E-state index contributed by atoms with van der Waals surface area (Å²) in [4.78, 5) is 15.5. The third-order valence-corrected chi connectivity index (χ3v) is 12.7. The van der Waals surface area contributed by atoms with E-state index in [0.29, 0.717) is 17.5 Å². The van der Waals surface area contributed by atoms with Gasteiger partial charge in [0.25, 0.3) is 0 Å². The van der Waals surface area contributed by atoms with E-state index in [-0.39, 0.29) is 5.41 Å². The molecule has 0 aliphatic heterocycles. The molecular formula is C58H39N3O. The Kier molecular flexibility index (Phi) is 8.16. The van der Waals surface area contributed by atoms with Crippen LogP contribution in [0.25, 0.3) is 111 Å². The molecule has 0 saturated carbocycles. The fourth-order valence-corrected chi connectivity index (χ4v) is 9.53. The first-order valence-corrected chi connectivity index (χ1v) is 21.2. The molecule has 9 aromatic carbocycles. The fourth-order valence-electron chi connectivity index (χ4n) is 9.53. The summed E-state index contributed by atoms with van der Waals surface area (Å²) in [6.45, 7) is 4.64. The molecule has 0 radical (unpaired) electrons. The minimum absolute atomic E-state index is 0.0467.